The van der Waals surface area contributed by atoms with Crippen molar-refractivity contribution in [2.45, 2.75) is 25.8 Å². The van der Waals surface area contributed by atoms with Crippen molar-refractivity contribution in [2.24, 2.45) is 0 Å². The summed E-state index contributed by atoms with van der Waals surface area (Å²) >= 11 is 0. The summed E-state index contributed by atoms with van der Waals surface area (Å²) in [5.74, 6) is -0.371. The molecule has 1 aliphatic heterocycles. The van der Waals surface area contributed by atoms with Crippen LogP contribution in [0.2, 0.25) is 0 Å². The number of H-pyrrole nitrogens is 1. The van der Waals surface area contributed by atoms with Crippen LogP contribution >= 0.6 is 0 Å². The molecule has 3 aromatic rings. The second kappa shape index (κ2) is 7.72. The van der Waals surface area contributed by atoms with Crippen LogP contribution in [0.1, 0.15) is 19.3 Å². The van der Waals surface area contributed by atoms with Crippen molar-refractivity contribution in [2.75, 3.05) is 23.3 Å². The van der Waals surface area contributed by atoms with E-state index in [1.54, 1.807) is 24.3 Å². The predicted octanol–water partition coefficient (Wildman–Crippen LogP) is 2.32. The fourth-order valence-electron chi connectivity index (χ4n) is 3.63. The maximum absolute atomic E-state index is 12.5. The van der Waals surface area contributed by atoms with Crippen LogP contribution in [0, 0.1) is 0 Å². The molecule has 1 aromatic heterocycles. The number of carbonyl (C=O) groups is 1. The van der Waals surface area contributed by atoms with Gasteiger partial charge in [-0.1, -0.05) is 18.2 Å². The maximum atomic E-state index is 12.5. The van der Waals surface area contributed by atoms with Gasteiger partial charge in [0.25, 0.3) is 11.1 Å². The number of benzene rings is 2. The first-order valence-electron chi connectivity index (χ1n) is 9.48. The molecule has 2 N–H and O–H groups in total. The van der Waals surface area contributed by atoms with Crippen LogP contribution in [-0.4, -0.2) is 28.8 Å². The Morgan fingerprint density at radius 1 is 0.964 bits per heavy atom. The van der Waals surface area contributed by atoms with Gasteiger partial charge in [-0.2, -0.15) is 0 Å². The SMILES string of the molecule is O=C(Cn1[nH]c(=O)c2ccccc2c1=O)Nc1cccc(N2CCCCC2)c1. The van der Waals surface area contributed by atoms with E-state index in [-0.39, 0.29) is 12.5 Å². The molecule has 0 atom stereocenters. The Kier molecular flexibility index (Phi) is 4.97. The van der Waals surface area contributed by atoms with Crippen LogP contribution in [0.5, 0.6) is 0 Å². The fourth-order valence-corrected chi connectivity index (χ4v) is 3.63. The minimum Gasteiger partial charge on any atom is -0.371 e. The van der Waals surface area contributed by atoms with E-state index in [0.717, 1.165) is 23.5 Å². The van der Waals surface area contributed by atoms with E-state index in [1.165, 1.54) is 19.3 Å². The molecule has 28 heavy (non-hydrogen) atoms. The number of anilines is 2. The summed E-state index contributed by atoms with van der Waals surface area (Å²) in [5.41, 5.74) is 0.959. The second-order valence-electron chi connectivity index (χ2n) is 7.02. The molecule has 144 valence electrons. The largest absolute Gasteiger partial charge is 0.371 e. The highest BCUT2D eigenvalue weighted by Crippen LogP contribution is 2.23. The van der Waals surface area contributed by atoms with E-state index in [1.807, 2.05) is 24.3 Å². The van der Waals surface area contributed by atoms with Crippen LogP contribution in [0.25, 0.3) is 10.8 Å². The molecule has 7 nitrogen and oxygen atoms in total. The molecule has 7 heteroatoms. The van der Waals surface area contributed by atoms with Crippen molar-refractivity contribution in [3.8, 4) is 0 Å². The lowest BCUT2D eigenvalue weighted by molar-refractivity contribution is -0.117. The van der Waals surface area contributed by atoms with E-state index in [0.29, 0.717) is 16.5 Å². The van der Waals surface area contributed by atoms with Crippen molar-refractivity contribution < 1.29 is 4.79 Å². The molecule has 0 spiro atoms. The lowest BCUT2D eigenvalue weighted by Crippen LogP contribution is -2.34. The summed E-state index contributed by atoms with van der Waals surface area (Å²) in [6.07, 6.45) is 3.61. The number of piperidine rings is 1. The summed E-state index contributed by atoms with van der Waals surface area (Å²) in [7, 11) is 0. The average molecular weight is 378 g/mol. The third-order valence-corrected chi connectivity index (χ3v) is 5.04. The van der Waals surface area contributed by atoms with Crippen LogP contribution < -0.4 is 21.3 Å². The van der Waals surface area contributed by atoms with Gasteiger partial charge >= 0.3 is 0 Å². The molecular formula is C21H22N4O3. The Morgan fingerprint density at radius 2 is 1.71 bits per heavy atom. The van der Waals surface area contributed by atoms with E-state index in [9.17, 15) is 14.4 Å². The van der Waals surface area contributed by atoms with E-state index in [2.05, 4.69) is 15.3 Å². The highest BCUT2D eigenvalue weighted by molar-refractivity contribution is 5.91. The molecular weight excluding hydrogens is 356 g/mol. The summed E-state index contributed by atoms with van der Waals surface area (Å²) < 4.78 is 1.05. The monoisotopic (exact) mass is 378 g/mol. The number of nitrogens with one attached hydrogen (secondary N) is 2. The first-order chi connectivity index (χ1) is 13.6. The van der Waals surface area contributed by atoms with E-state index >= 15 is 0 Å². The van der Waals surface area contributed by atoms with E-state index in [4.69, 9.17) is 0 Å². The zero-order valence-corrected chi connectivity index (χ0v) is 15.5. The Labute approximate surface area is 161 Å². The Bertz CT molecular complexity index is 1130. The summed E-state index contributed by atoms with van der Waals surface area (Å²) in [5, 5.41) is 5.91. The molecule has 1 saturated heterocycles. The van der Waals surface area contributed by atoms with Gasteiger partial charge in [-0.15, -0.1) is 0 Å². The minimum atomic E-state index is -0.396. The van der Waals surface area contributed by atoms with Gasteiger partial charge in [0.1, 0.15) is 6.54 Å². The standard InChI is InChI=1S/C21H22N4O3/c26-19(14-25-21(28)18-10-3-2-9-17(18)20(27)23-25)22-15-7-6-8-16(13-15)24-11-4-1-5-12-24/h2-3,6-10,13H,1,4-5,11-12,14H2,(H,22,26)(H,23,27). The third-order valence-electron chi connectivity index (χ3n) is 5.04. The molecule has 0 saturated carbocycles. The van der Waals surface area contributed by atoms with Crippen LogP contribution in [0.4, 0.5) is 11.4 Å². The van der Waals surface area contributed by atoms with Crippen molar-refractivity contribution in [3.63, 3.8) is 0 Å². The number of rotatable bonds is 4. The van der Waals surface area contributed by atoms with Gasteiger partial charge in [0.2, 0.25) is 5.91 Å². The van der Waals surface area contributed by atoms with Crippen molar-refractivity contribution in [1.29, 1.82) is 0 Å². The summed E-state index contributed by atoms with van der Waals surface area (Å²) in [6.45, 7) is 1.78. The van der Waals surface area contributed by atoms with Crippen LogP contribution in [0.15, 0.2) is 58.1 Å². The average Bonchev–Trinajstić information content (AvgIpc) is 2.73. The van der Waals surface area contributed by atoms with Gasteiger partial charge in [-0.25, -0.2) is 4.68 Å². The lowest BCUT2D eigenvalue weighted by atomic mass is 10.1. The first-order valence-corrected chi connectivity index (χ1v) is 9.48. The van der Waals surface area contributed by atoms with Gasteiger partial charge in [0, 0.05) is 24.5 Å². The highest BCUT2D eigenvalue weighted by Gasteiger charge is 2.13. The number of aromatic nitrogens is 2. The highest BCUT2D eigenvalue weighted by atomic mass is 16.2. The number of carbonyl (C=O) groups excluding carboxylic acids is 1. The van der Waals surface area contributed by atoms with Crippen LogP contribution in [0.3, 0.4) is 0 Å². The number of nitrogens with zero attached hydrogens (tertiary/aromatic N) is 2. The molecule has 0 unspecified atom stereocenters. The molecule has 1 amide bonds. The summed E-state index contributed by atoms with van der Waals surface area (Å²) in [4.78, 5) is 39.5. The van der Waals surface area contributed by atoms with Gasteiger partial charge in [0.05, 0.1) is 10.8 Å². The predicted molar refractivity (Wildman–Crippen MR) is 110 cm³/mol. The number of amides is 1. The molecule has 1 aliphatic rings. The van der Waals surface area contributed by atoms with Crippen molar-refractivity contribution in [1.82, 2.24) is 9.78 Å². The molecule has 0 aliphatic carbocycles. The lowest BCUT2D eigenvalue weighted by Gasteiger charge is -2.29. The van der Waals surface area contributed by atoms with Crippen molar-refractivity contribution in [3.05, 3.63) is 69.2 Å². The normalized spacial score (nSPS) is 14.2. The number of hydrogen-bond donors (Lipinski definition) is 2. The molecule has 0 radical (unpaired) electrons. The number of fused-ring (bicyclic) bond motifs is 1. The van der Waals surface area contributed by atoms with E-state index < -0.39 is 11.1 Å². The van der Waals surface area contributed by atoms with Crippen LogP contribution in [-0.2, 0) is 11.3 Å². The second-order valence-corrected chi connectivity index (χ2v) is 7.02. The number of hydrogen-bond acceptors (Lipinski definition) is 4. The molecule has 2 aromatic carbocycles. The topological polar surface area (TPSA) is 87.2 Å². The Morgan fingerprint density at radius 3 is 2.50 bits per heavy atom. The Balaban J connectivity index is 1.52. The third kappa shape index (κ3) is 3.69. The van der Waals surface area contributed by atoms with Crippen molar-refractivity contribution >= 4 is 28.1 Å². The minimum absolute atomic E-state index is 0.257. The zero-order chi connectivity index (χ0) is 19.5. The number of aromatic amines is 1. The quantitative estimate of drug-likeness (QED) is 0.729. The first kappa shape index (κ1) is 18.0. The molecule has 4 rings (SSSR count). The summed E-state index contributed by atoms with van der Waals surface area (Å²) in [6, 6.07) is 14.3. The molecule has 1 fully saturated rings. The Hall–Kier alpha value is -3.35. The fraction of sp³-hybridized carbons (Fsp3) is 0.286. The smallest absolute Gasteiger partial charge is 0.273 e. The maximum Gasteiger partial charge on any atom is 0.273 e. The van der Waals surface area contributed by atoms with Gasteiger partial charge in [-0.3, -0.25) is 19.5 Å². The van der Waals surface area contributed by atoms with Gasteiger partial charge in [0.15, 0.2) is 0 Å². The van der Waals surface area contributed by atoms with Gasteiger partial charge in [-0.05, 0) is 49.6 Å². The molecule has 2 heterocycles. The zero-order valence-electron chi connectivity index (χ0n) is 15.5. The van der Waals surface area contributed by atoms with Gasteiger partial charge < -0.3 is 10.2 Å². The molecule has 0 bridgehead atoms.